The highest BCUT2D eigenvalue weighted by molar-refractivity contribution is 5.26. The Labute approximate surface area is 205 Å². The molecule has 0 unspecified atom stereocenters. The molecule has 4 rings (SSSR count). The van der Waals surface area contributed by atoms with Gasteiger partial charge in [-0.3, -0.25) is 0 Å². The lowest BCUT2D eigenvalue weighted by molar-refractivity contribution is -0.315. The van der Waals surface area contributed by atoms with Crippen molar-refractivity contribution >= 4 is 0 Å². The number of methoxy groups -OCH3 is 1. The molecule has 0 saturated carbocycles. The van der Waals surface area contributed by atoms with Crippen molar-refractivity contribution in [3.05, 3.63) is 102 Å². The van der Waals surface area contributed by atoms with Gasteiger partial charge in [-0.1, -0.05) is 72.8 Å². The van der Waals surface area contributed by atoms with Crippen LogP contribution < -0.4 is 4.74 Å². The maximum Gasteiger partial charge on any atom is 0.184 e. The second-order valence-electron chi connectivity index (χ2n) is 8.39. The standard InChI is InChI=1S/C28H32O7/c1-31-23-14-12-22(13-15-23)19-34-27-26(33-18-21-10-6-3-7-11-21)25(24(16-29)35-28(27)30)32-17-20-8-4-2-5-9-20/h2-15,24-30H,16-19H2,1H3/t24-,25-,26+,27-,28+/m1/s1. The zero-order valence-electron chi connectivity index (χ0n) is 19.7. The van der Waals surface area contributed by atoms with E-state index in [0.29, 0.717) is 13.2 Å². The summed E-state index contributed by atoms with van der Waals surface area (Å²) in [6.07, 6.45) is -4.23. The Balaban J connectivity index is 1.52. The van der Waals surface area contributed by atoms with Crippen molar-refractivity contribution in [3.63, 3.8) is 0 Å². The summed E-state index contributed by atoms with van der Waals surface area (Å²) in [6.45, 7) is 0.504. The van der Waals surface area contributed by atoms with Crippen LogP contribution in [0.5, 0.6) is 5.75 Å². The smallest absolute Gasteiger partial charge is 0.184 e. The van der Waals surface area contributed by atoms with Crippen LogP contribution in [-0.4, -0.2) is 54.6 Å². The van der Waals surface area contributed by atoms with Gasteiger partial charge in [0.15, 0.2) is 6.29 Å². The first-order chi connectivity index (χ1) is 17.2. The van der Waals surface area contributed by atoms with Gasteiger partial charge in [0.25, 0.3) is 0 Å². The minimum atomic E-state index is -1.29. The second kappa shape index (κ2) is 12.8. The number of ether oxygens (including phenoxy) is 5. The van der Waals surface area contributed by atoms with Gasteiger partial charge in [0.05, 0.1) is 33.5 Å². The van der Waals surface area contributed by atoms with Gasteiger partial charge in [-0.25, -0.2) is 0 Å². The Morgan fingerprint density at radius 1 is 0.657 bits per heavy atom. The van der Waals surface area contributed by atoms with E-state index in [0.717, 1.165) is 22.4 Å². The Kier molecular flexibility index (Phi) is 9.25. The molecule has 3 aromatic rings. The highest BCUT2D eigenvalue weighted by atomic mass is 16.7. The van der Waals surface area contributed by atoms with Crippen LogP contribution in [0.2, 0.25) is 0 Å². The molecular formula is C28H32O7. The van der Waals surface area contributed by atoms with Gasteiger partial charge in [0, 0.05) is 0 Å². The van der Waals surface area contributed by atoms with E-state index in [1.54, 1.807) is 7.11 Å². The molecule has 0 spiro atoms. The van der Waals surface area contributed by atoms with Crippen LogP contribution in [0.4, 0.5) is 0 Å². The molecule has 1 aliphatic rings. The normalized spacial score (nSPS) is 24.3. The van der Waals surface area contributed by atoms with Crippen molar-refractivity contribution in [3.8, 4) is 5.75 Å². The van der Waals surface area contributed by atoms with Gasteiger partial charge >= 0.3 is 0 Å². The maximum atomic E-state index is 10.8. The van der Waals surface area contributed by atoms with E-state index in [4.69, 9.17) is 23.7 Å². The van der Waals surface area contributed by atoms with E-state index >= 15 is 0 Å². The van der Waals surface area contributed by atoms with Crippen LogP contribution in [-0.2, 0) is 38.8 Å². The van der Waals surface area contributed by atoms with E-state index in [1.165, 1.54) is 0 Å². The van der Waals surface area contributed by atoms with Crippen LogP contribution >= 0.6 is 0 Å². The third kappa shape index (κ3) is 6.89. The van der Waals surface area contributed by atoms with E-state index in [2.05, 4.69) is 0 Å². The number of benzene rings is 3. The highest BCUT2D eigenvalue weighted by Crippen LogP contribution is 2.29. The molecule has 7 heteroatoms. The summed E-state index contributed by atoms with van der Waals surface area (Å²) in [5, 5.41) is 20.8. The van der Waals surface area contributed by atoms with Gasteiger partial charge in [-0.2, -0.15) is 0 Å². The Morgan fingerprint density at radius 2 is 1.14 bits per heavy atom. The molecular weight excluding hydrogens is 448 g/mol. The first kappa shape index (κ1) is 25.3. The summed E-state index contributed by atoms with van der Waals surface area (Å²) >= 11 is 0. The summed E-state index contributed by atoms with van der Waals surface area (Å²) in [6, 6.07) is 27.0. The fourth-order valence-corrected chi connectivity index (χ4v) is 4.06. The topological polar surface area (TPSA) is 86.6 Å². The van der Waals surface area contributed by atoms with Gasteiger partial charge in [-0.15, -0.1) is 0 Å². The average molecular weight is 481 g/mol. The molecule has 0 bridgehead atoms. The molecule has 5 atom stereocenters. The van der Waals surface area contributed by atoms with Gasteiger partial charge in [-0.05, 0) is 28.8 Å². The number of aliphatic hydroxyl groups excluding tert-OH is 2. The van der Waals surface area contributed by atoms with Crippen LogP contribution in [0.15, 0.2) is 84.9 Å². The monoisotopic (exact) mass is 480 g/mol. The SMILES string of the molecule is COc1ccc(CO[C@@H]2[C@@H](OCc3ccccc3)[C@H](OCc3ccccc3)[C@@H](CO)O[C@@H]2O)cc1. The third-order valence-electron chi connectivity index (χ3n) is 5.96. The lowest BCUT2D eigenvalue weighted by Crippen LogP contribution is -2.61. The Morgan fingerprint density at radius 3 is 1.66 bits per heavy atom. The fraction of sp³-hybridized carbons (Fsp3) is 0.357. The lowest BCUT2D eigenvalue weighted by atomic mass is 9.98. The minimum absolute atomic E-state index is 0.232. The molecule has 2 N–H and O–H groups in total. The molecule has 1 heterocycles. The van der Waals surface area contributed by atoms with Gasteiger partial charge in [0.2, 0.25) is 0 Å². The summed E-state index contributed by atoms with van der Waals surface area (Å²) in [5.41, 5.74) is 2.86. The summed E-state index contributed by atoms with van der Waals surface area (Å²) in [4.78, 5) is 0. The molecule has 186 valence electrons. The van der Waals surface area contributed by atoms with Crippen LogP contribution in [0.1, 0.15) is 16.7 Å². The largest absolute Gasteiger partial charge is 0.497 e. The number of hydrogen-bond donors (Lipinski definition) is 2. The van der Waals surface area contributed by atoms with Gasteiger partial charge in [0.1, 0.15) is 30.2 Å². The first-order valence-corrected chi connectivity index (χ1v) is 11.7. The average Bonchev–Trinajstić information content (AvgIpc) is 2.91. The second-order valence-corrected chi connectivity index (χ2v) is 8.39. The number of aliphatic hydroxyl groups is 2. The van der Waals surface area contributed by atoms with Crippen molar-refractivity contribution in [1.82, 2.24) is 0 Å². The summed E-state index contributed by atoms with van der Waals surface area (Å²) < 4.78 is 29.6. The predicted molar refractivity (Wildman–Crippen MR) is 130 cm³/mol. The van der Waals surface area contributed by atoms with Crippen molar-refractivity contribution < 1.29 is 33.9 Å². The molecule has 35 heavy (non-hydrogen) atoms. The minimum Gasteiger partial charge on any atom is -0.497 e. The first-order valence-electron chi connectivity index (χ1n) is 11.7. The molecule has 0 radical (unpaired) electrons. The quantitative estimate of drug-likeness (QED) is 0.435. The molecule has 1 fully saturated rings. The predicted octanol–water partition coefficient (Wildman–Crippen LogP) is 3.46. The number of hydrogen-bond acceptors (Lipinski definition) is 7. The van der Waals surface area contributed by atoms with Crippen LogP contribution in [0.3, 0.4) is 0 Å². The zero-order chi connectivity index (χ0) is 24.5. The number of rotatable bonds is 11. The van der Waals surface area contributed by atoms with Gasteiger partial charge < -0.3 is 33.9 Å². The summed E-state index contributed by atoms with van der Waals surface area (Å²) in [5.74, 6) is 0.749. The zero-order valence-corrected chi connectivity index (χ0v) is 19.7. The van der Waals surface area contributed by atoms with Crippen molar-refractivity contribution in [2.75, 3.05) is 13.7 Å². The molecule has 3 aromatic carbocycles. The van der Waals surface area contributed by atoms with E-state index in [1.807, 2.05) is 84.9 Å². The maximum absolute atomic E-state index is 10.8. The molecule has 0 aromatic heterocycles. The molecule has 7 nitrogen and oxygen atoms in total. The Hall–Kier alpha value is -2.78. The third-order valence-corrected chi connectivity index (χ3v) is 5.96. The van der Waals surface area contributed by atoms with E-state index in [9.17, 15) is 10.2 Å². The lowest BCUT2D eigenvalue weighted by Gasteiger charge is -2.44. The molecule has 1 aliphatic heterocycles. The van der Waals surface area contributed by atoms with Crippen molar-refractivity contribution in [2.24, 2.45) is 0 Å². The van der Waals surface area contributed by atoms with E-state index < -0.39 is 30.7 Å². The van der Waals surface area contributed by atoms with E-state index in [-0.39, 0.29) is 13.2 Å². The highest BCUT2D eigenvalue weighted by Gasteiger charge is 2.47. The fourth-order valence-electron chi connectivity index (χ4n) is 4.06. The van der Waals surface area contributed by atoms with Crippen LogP contribution in [0, 0.1) is 0 Å². The summed E-state index contributed by atoms with van der Waals surface area (Å²) in [7, 11) is 1.61. The molecule has 1 saturated heterocycles. The Bertz CT molecular complexity index is 997. The molecule has 0 amide bonds. The van der Waals surface area contributed by atoms with Crippen molar-refractivity contribution in [1.29, 1.82) is 0 Å². The molecule has 0 aliphatic carbocycles. The van der Waals surface area contributed by atoms with Crippen molar-refractivity contribution in [2.45, 2.75) is 50.5 Å². The van der Waals surface area contributed by atoms with Crippen LogP contribution in [0.25, 0.3) is 0 Å².